The number of fused-ring (bicyclic) bond motifs is 1. The number of carbonyl (C=O) groups excluding carboxylic acids is 2. The molecule has 0 unspecified atom stereocenters. The monoisotopic (exact) mass is 316 g/mol. The fourth-order valence-corrected chi connectivity index (χ4v) is 4.36. The number of allylic oxidation sites excluding steroid dienone is 5. The van der Waals surface area contributed by atoms with Crippen molar-refractivity contribution in [2.45, 2.75) is 38.5 Å². The van der Waals surface area contributed by atoms with Crippen LogP contribution in [0.4, 0.5) is 0 Å². The van der Waals surface area contributed by atoms with E-state index < -0.39 is 17.4 Å². The molecule has 3 aliphatic carbocycles. The van der Waals surface area contributed by atoms with E-state index in [0.717, 1.165) is 37.7 Å². The first-order chi connectivity index (χ1) is 11.1. The Morgan fingerprint density at radius 2 is 1.87 bits per heavy atom. The minimum Gasteiger partial charge on any atom is -0.468 e. The summed E-state index contributed by atoms with van der Waals surface area (Å²) in [5, 5.41) is 0. The summed E-state index contributed by atoms with van der Waals surface area (Å²) in [6.07, 6.45) is 14.5. The third-order valence-electron chi connectivity index (χ3n) is 5.46. The van der Waals surface area contributed by atoms with Crippen LogP contribution >= 0.6 is 0 Å². The zero-order chi connectivity index (χ0) is 16.4. The first-order valence-electron chi connectivity index (χ1n) is 8.40. The number of rotatable bonds is 3. The maximum absolute atomic E-state index is 12.6. The third-order valence-corrected chi connectivity index (χ3v) is 5.46. The van der Waals surface area contributed by atoms with Crippen LogP contribution in [-0.2, 0) is 19.1 Å². The highest BCUT2D eigenvalue weighted by atomic mass is 16.5. The van der Waals surface area contributed by atoms with Gasteiger partial charge >= 0.3 is 11.9 Å². The Hall–Kier alpha value is -1.84. The van der Waals surface area contributed by atoms with Crippen LogP contribution < -0.4 is 0 Å². The van der Waals surface area contributed by atoms with E-state index in [0.29, 0.717) is 0 Å². The van der Waals surface area contributed by atoms with Gasteiger partial charge in [-0.25, -0.2) is 0 Å². The second-order valence-corrected chi connectivity index (χ2v) is 6.56. The van der Waals surface area contributed by atoms with Gasteiger partial charge in [0.25, 0.3) is 0 Å². The maximum Gasteiger partial charge on any atom is 0.327 e. The molecule has 23 heavy (non-hydrogen) atoms. The predicted octanol–water partition coefficient (Wildman–Crippen LogP) is 3.34. The first kappa shape index (κ1) is 16.0. The molecule has 0 aromatic heterocycles. The lowest BCUT2D eigenvalue weighted by molar-refractivity contribution is -0.169. The summed E-state index contributed by atoms with van der Waals surface area (Å²) in [7, 11) is 2.68. The minimum absolute atomic E-state index is 0.103. The van der Waals surface area contributed by atoms with E-state index >= 15 is 0 Å². The molecule has 0 heterocycles. The highest BCUT2D eigenvalue weighted by Crippen LogP contribution is 2.54. The molecule has 0 spiro atoms. The Balaban J connectivity index is 2.12. The molecule has 0 bridgehead atoms. The molecular formula is C19H24O4. The molecule has 0 saturated heterocycles. The smallest absolute Gasteiger partial charge is 0.327 e. The van der Waals surface area contributed by atoms with Crippen LogP contribution in [0.1, 0.15) is 38.5 Å². The lowest BCUT2D eigenvalue weighted by atomic mass is 9.69. The van der Waals surface area contributed by atoms with Crippen molar-refractivity contribution >= 4 is 11.9 Å². The van der Waals surface area contributed by atoms with Gasteiger partial charge in [0.2, 0.25) is 0 Å². The summed E-state index contributed by atoms with van der Waals surface area (Å²) < 4.78 is 10.0. The molecule has 0 amide bonds. The lowest BCUT2D eigenvalue weighted by Crippen LogP contribution is -2.45. The molecule has 3 aliphatic rings. The van der Waals surface area contributed by atoms with Crippen LogP contribution in [-0.4, -0.2) is 26.2 Å². The van der Waals surface area contributed by atoms with E-state index in [4.69, 9.17) is 9.47 Å². The topological polar surface area (TPSA) is 52.6 Å². The van der Waals surface area contributed by atoms with Gasteiger partial charge in [-0.1, -0.05) is 24.3 Å². The van der Waals surface area contributed by atoms with Crippen LogP contribution in [0, 0.1) is 17.3 Å². The van der Waals surface area contributed by atoms with Gasteiger partial charge in [0.05, 0.1) is 14.2 Å². The van der Waals surface area contributed by atoms with Gasteiger partial charge in [-0.3, -0.25) is 9.59 Å². The lowest BCUT2D eigenvalue weighted by Gasteiger charge is -2.33. The van der Waals surface area contributed by atoms with E-state index in [2.05, 4.69) is 18.2 Å². The van der Waals surface area contributed by atoms with E-state index in [-0.39, 0.29) is 11.8 Å². The number of hydrogen-bond acceptors (Lipinski definition) is 4. The quantitative estimate of drug-likeness (QED) is 0.455. The van der Waals surface area contributed by atoms with Crippen LogP contribution in [0.15, 0.2) is 35.5 Å². The van der Waals surface area contributed by atoms with Crippen LogP contribution in [0.25, 0.3) is 0 Å². The minimum atomic E-state index is -1.30. The fourth-order valence-electron chi connectivity index (χ4n) is 4.36. The second-order valence-electron chi connectivity index (χ2n) is 6.56. The molecule has 0 aromatic carbocycles. The summed E-state index contributed by atoms with van der Waals surface area (Å²) in [4.78, 5) is 25.2. The van der Waals surface area contributed by atoms with Gasteiger partial charge in [0, 0.05) is 5.92 Å². The number of methoxy groups -OCH3 is 2. The van der Waals surface area contributed by atoms with Crippen LogP contribution in [0.5, 0.6) is 0 Å². The van der Waals surface area contributed by atoms with Gasteiger partial charge in [0.1, 0.15) is 0 Å². The van der Waals surface area contributed by atoms with E-state index in [9.17, 15) is 9.59 Å². The zero-order valence-corrected chi connectivity index (χ0v) is 13.8. The Labute approximate surface area is 137 Å². The molecule has 0 aliphatic heterocycles. The molecular weight excluding hydrogens is 292 g/mol. The Bertz CT molecular complexity index is 580. The van der Waals surface area contributed by atoms with Crippen molar-refractivity contribution in [3.05, 3.63) is 35.5 Å². The van der Waals surface area contributed by atoms with Gasteiger partial charge in [0.15, 0.2) is 5.41 Å². The number of ether oxygens (including phenoxy) is 2. The molecule has 0 fully saturated rings. The van der Waals surface area contributed by atoms with Crippen molar-refractivity contribution in [3.8, 4) is 0 Å². The number of hydrogen-bond donors (Lipinski definition) is 0. The Morgan fingerprint density at radius 1 is 1.13 bits per heavy atom. The Morgan fingerprint density at radius 3 is 2.48 bits per heavy atom. The van der Waals surface area contributed by atoms with Gasteiger partial charge < -0.3 is 9.47 Å². The second kappa shape index (κ2) is 6.34. The predicted molar refractivity (Wildman–Crippen MR) is 86.5 cm³/mol. The Kier molecular flexibility index (Phi) is 4.42. The maximum atomic E-state index is 12.6. The highest BCUT2D eigenvalue weighted by molar-refractivity contribution is 6.04. The average Bonchev–Trinajstić information content (AvgIpc) is 2.97. The summed E-state index contributed by atoms with van der Waals surface area (Å²) in [6.45, 7) is 0. The standard InChI is InChI=1S/C19H24O4/c1-22-17(20)19(18(21)23-2)12-15(13-8-4-3-5-9-13)14-10-6-7-11-16(14)19/h6,8,10,12,14,16H,3-5,7,9,11H2,1-2H3/t14-,16-/m1/s1. The SMILES string of the molecule is COC(=O)C1(C(=O)OC)C=C(C2=CCCCC2)[C@H]2C=CCC[C@H]21. The zero-order valence-electron chi connectivity index (χ0n) is 13.8. The largest absolute Gasteiger partial charge is 0.468 e. The fraction of sp³-hybridized carbons (Fsp3) is 0.579. The van der Waals surface area contributed by atoms with Crippen molar-refractivity contribution in [2.75, 3.05) is 14.2 Å². The summed E-state index contributed by atoms with van der Waals surface area (Å²) >= 11 is 0. The first-order valence-corrected chi connectivity index (χ1v) is 8.40. The van der Waals surface area contributed by atoms with Crippen molar-refractivity contribution in [2.24, 2.45) is 17.3 Å². The summed E-state index contributed by atoms with van der Waals surface area (Å²) in [5.41, 5.74) is 1.11. The van der Waals surface area contributed by atoms with Gasteiger partial charge in [-0.2, -0.15) is 0 Å². The van der Waals surface area contributed by atoms with E-state index in [1.807, 2.05) is 6.08 Å². The molecule has 0 N–H and O–H groups in total. The normalized spacial score (nSPS) is 28.4. The van der Waals surface area contributed by atoms with Crippen molar-refractivity contribution in [1.29, 1.82) is 0 Å². The molecule has 4 heteroatoms. The molecule has 124 valence electrons. The van der Waals surface area contributed by atoms with Gasteiger partial charge in [-0.05, 0) is 55.6 Å². The average molecular weight is 316 g/mol. The summed E-state index contributed by atoms with van der Waals surface area (Å²) in [5.74, 6) is -1.00. The highest BCUT2D eigenvalue weighted by Gasteiger charge is 2.59. The summed E-state index contributed by atoms with van der Waals surface area (Å²) in [6, 6.07) is 0. The molecule has 0 radical (unpaired) electrons. The third kappa shape index (κ3) is 2.44. The van der Waals surface area contributed by atoms with Crippen molar-refractivity contribution in [3.63, 3.8) is 0 Å². The molecule has 3 rings (SSSR count). The van der Waals surface area contributed by atoms with Crippen LogP contribution in [0.2, 0.25) is 0 Å². The van der Waals surface area contributed by atoms with Crippen molar-refractivity contribution < 1.29 is 19.1 Å². The molecule has 2 atom stereocenters. The molecule has 0 aromatic rings. The van der Waals surface area contributed by atoms with E-state index in [1.54, 1.807) is 0 Å². The van der Waals surface area contributed by atoms with Crippen LogP contribution in [0.3, 0.4) is 0 Å². The van der Waals surface area contributed by atoms with E-state index in [1.165, 1.54) is 26.2 Å². The molecule has 0 saturated carbocycles. The molecule has 4 nitrogen and oxygen atoms in total. The number of carbonyl (C=O) groups is 2. The van der Waals surface area contributed by atoms with Gasteiger partial charge in [-0.15, -0.1) is 0 Å². The van der Waals surface area contributed by atoms with Crippen molar-refractivity contribution in [1.82, 2.24) is 0 Å². The number of esters is 2.